The number of hydrogen-bond donors (Lipinski definition) is 2. The molecule has 1 aromatic rings. The van der Waals surface area contributed by atoms with Gasteiger partial charge in [0.1, 0.15) is 0 Å². The molecule has 1 aromatic heterocycles. The lowest BCUT2D eigenvalue weighted by Crippen LogP contribution is -2.41. The zero-order valence-corrected chi connectivity index (χ0v) is 14.4. The van der Waals surface area contributed by atoms with Crippen molar-refractivity contribution in [3.63, 3.8) is 0 Å². The number of urea groups is 1. The molecule has 2 N–H and O–H groups in total. The standard InChI is InChI=1S/C17H29N3O2/c1-13(7-6-9-17(3,4)22)19-16(21)20(5)12-15-8-10-18-14(2)11-15/h8,10-11,13,22H,6-7,9,12H2,1-5H3,(H,19,21)/t13-/m0/s1. The molecule has 124 valence electrons. The van der Waals surface area contributed by atoms with Gasteiger partial charge in [0, 0.05) is 31.5 Å². The normalized spacial score (nSPS) is 12.8. The number of rotatable bonds is 7. The zero-order valence-electron chi connectivity index (χ0n) is 14.4. The molecular weight excluding hydrogens is 278 g/mol. The summed E-state index contributed by atoms with van der Waals surface area (Å²) in [6.07, 6.45) is 4.24. The molecule has 5 nitrogen and oxygen atoms in total. The van der Waals surface area contributed by atoms with Crippen molar-refractivity contribution in [3.05, 3.63) is 29.6 Å². The molecule has 0 spiro atoms. The van der Waals surface area contributed by atoms with Gasteiger partial charge in [-0.05, 0) is 64.7 Å². The summed E-state index contributed by atoms with van der Waals surface area (Å²) >= 11 is 0. The van der Waals surface area contributed by atoms with E-state index in [4.69, 9.17) is 0 Å². The van der Waals surface area contributed by atoms with Crippen LogP contribution in [0.5, 0.6) is 0 Å². The molecule has 1 rings (SSSR count). The van der Waals surface area contributed by atoms with Gasteiger partial charge in [-0.2, -0.15) is 0 Å². The van der Waals surface area contributed by atoms with E-state index in [9.17, 15) is 9.90 Å². The van der Waals surface area contributed by atoms with E-state index in [2.05, 4.69) is 10.3 Å². The minimum absolute atomic E-state index is 0.0785. The van der Waals surface area contributed by atoms with Gasteiger partial charge < -0.3 is 15.3 Å². The first kappa shape index (κ1) is 18.4. The van der Waals surface area contributed by atoms with Gasteiger partial charge in [0.25, 0.3) is 0 Å². The molecule has 0 aliphatic carbocycles. The summed E-state index contributed by atoms with van der Waals surface area (Å²) in [5, 5.41) is 12.7. The van der Waals surface area contributed by atoms with Crippen LogP contribution in [0.3, 0.4) is 0 Å². The Morgan fingerprint density at radius 2 is 2.18 bits per heavy atom. The van der Waals surface area contributed by atoms with Crippen molar-refractivity contribution in [3.8, 4) is 0 Å². The summed E-state index contributed by atoms with van der Waals surface area (Å²) in [6.45, 7) is 8.11. The Kier molecular flexibility index (Phi) is 6.81. The predicted octanol–water partition coefficient (Wildman–Crippen LogP) is 2.86. The number of aryl methyl sites for hydroxylation is 1. The van der Waals surface area contributed by atoms with E-state index < -0.39 is 5.60 Å². The van der Waals surface area contributed by atoms with Crippen molar-refractivity contribution < 1.29 is 9.90 Å². The van der Waals surface area contributed by atoms with Crippen molar-refractivity contribution in [2.75, 3.05) is 7.05 Å². The first-order valence-electron chi connectivity index (χ1n) is 7.83. The average Bonchev–Trinajstić information content (AvgIpc) is 2.36. The third kappa shape index (κ3) is 7.41. The third-order valence-electron chi connectivity index (χ3n) is 3.52. The van der Waals surface area contributed by atoms with Gasteiger partial charge in [-0.1, -0.05) is 0 Å². The smallest absolute Gasteiger partial charge is 0.317 e. The molecular formula is C17H29N3O2. The van der Waals surface area contributed by atoms with Crippen LogP contribution < -0.4 is 5.32 Å². The van der Waals surface area contributed by atoms with Gasteiger partial charge in [0.15, 0.2) is 0 Å². The maximum Gasteiger partial charge on any atom is 0.317 e. The van der Waals surface area contributed by atoms with E-state index in [1.807, 2.05) is 26.0 Å². The van der Waals surface area contributed by atoms with E-state index in [1.54, 1.807) is 32.0 Å². The Morgan fingerprint density at radius 3 is 2.77 bits per heavy atom. The van der Waals surface area contributed by atoms with Crippen molar-refractivity contribution in [2.24, 2.45) is 0 Å². The van der Waals surface area contributed by atoms with Crippen molar-refractivity contribution >= 4 is 6.03 Å². The summed E-state index contributed by atoms with van der Waals surface area (Å²) < 4.78 is 0. The topological polar surface area (TPSA) is 65.5 Å². The molecule has 0 aromatic carbocycles. The highest BCUT2D eigenvalue weighted by Gasteiger charge is 2.15. The minimum atomic E-state index is -0.639. The lowest BCUT2D eigenvalue weighted by atomic mass is 10.00. The lowest BCUT2D eigenvalue weighted by molar-refractivity contribution is 0.0676. The van der Waals surface area contributed by atoms with E-state index in [0.717, 1.165) is 30.5 Å². The third-order valence-corrected chi connectivity index (χ3v) is 3.52. The van der Waals surface area contributed by atoms with Crippen LogP contribution in [-0.4, -0.2) is 39.7 Å². The zero-order chi connectivity index (χ0) is 16.8. The van der Waals surface area contributed by atoms with E-state index >= 15 is 0 Å². The van der Waals surface area contributed by atoms with Gasteiger partial charge in [0.2, 0.25) is 0 Å². The maximum atomic E-state index is 12.2. The number of nitrogens with one attached hydrogen (secondary N) is 1. The van der Waals surface area contributed by atoms with E-state index in [-0.39, 0.29) is 12.1 Å². The summed E-state index contributed by atoms with van der Waals surface area (Å²) in [6, 6.07) is 3.92. The second-order valence-corrected chi connectivity index (χ2v) is 6.72. The molecule has 2 amide bonds. The Balaban J connectivity index is 2.37. The number of carbonyl (C=O) groups is 1. The quantitative estimate of drug-likeness (QED) is 0.814. The van der Waals surface area contributed by atoms with Gasteiger partial charge in [-0.25, -0.2) is 4.79 Å². The van der Waals surface area contributed by atoms with Crippen molar-refractivity contribution in [1.29, 1.82) is 0 Å². The van der Waals surface area contributed by atoms with Crippen LogP contribution in [0.15, 0.2) is 18.3 Å². The fraction of sp³-hybridized carbons (Fsp3) is 0.647. The fourth-order valence-corrected chi connectivity index (χ4v) is 2.28. The van der Waals surface area contributed by atoms with Crippen LogP contribution in [0, 0.1) is 6.92 Å². The van der Waals surface area contributed by atoms with E-state index in [0.29, 0.717) is 6.54 Å². The largest absolute Gasteiger partial charge is 0.390 e. The molecule has 0 aliphatic rings. The molecule has 0 aliphatic heterocycles. The molecule has 1 atom stereocenters. The Hall–Kier alpha value is -1.62. The van der Waals surface area contributed by atoms with E-state index in [1.165, 1.54) is 0 Å². The number of aromatic nitrogens is 1. The predicted molar refractivity (Wildman–Crippen MR) is 88.6 cm³/mol. The number of carbonyl (C=O) groups excluding carboxylic acids is 1. The molecule has 0 bridgehead atoms. The first-order valence-corrected chi connectivity index (χ1v) is 7.83. The summed E-state index contributed by atoms with van der Waals surface area (Å²) in [5.41, 5.74) is 1.38. The van der Waals surface area contributed by atoms with Gasteiger partial charge in [0.05, 0.1) is 5.60 Å². The number of nitrogens with zero attached hydrogens (tertiary/aromatic N) is 2. The Morgan fingerprint density at radius 1 is 1.50 bits per heavy atom. The minimum Gasteiger partial charge on any atom is -0.390 e. The van der Waals surface area contributed by atoms with Crippen molar-refractivity contribution in [1.82, 2.24) is 15.2 Å². The first-order chi connectivity index (χ1) is 10.2. The number of aliphatic hydroxyl groups is 1. The summed E-state index contributed by atoms with van der Waals surface area (Å²) in [5.74, 6) is 0. The van der Waals surface area contributed by atoms with Crippen LogP contribution in [-0.2, 0) is 6.54 Å². The molecule has 0 unspecified atom stereocenters. The van der Waals surface area contributed by atoms with Gasteiger partial charge >= 0.3 is 6.03 Å². The molecule has 0 fully saturated rings. The highest BCUT2D eigenvalue weighted by Crippen LogP contribution is 2.13. The van der Waals surface area contributed by atoms with Gasteiger partial charge in [-0.3, -0.25) is 4.98 Å². The number of pyridine rings is 1. The maximum absolute atomic E-state index is 12.2. The SMILES string of the molecule is Cc1cc(CN(C)C(=O)N[C@@H](C)CCCC(C)(C)O)ccn1. The second kappa shape index (κ2) is 8.13. The molecule has 0 saturated carbocycles. The average molecular weight is 307 g/mol. The second-order valence-electron chi connectivity index (χ2n) is 6.72. The fourth-order valence-electron chi connectivity index (χ4n) is 2.28. The number of hydrogen-bond acceptors (Lipinski definition) is 3. The molecule has 1 heterocycles. The highest BCUT2D eigenvalue weighted by atomic mass is 16.3. The van der Waals surface area contributed by atoms with Gasteiger partial charge in [-0.15, -0.1) is 0 Å². The Labute approximate surface area is 133 Å². The summed E-state index contributed by atoms with van der Waals surface area (Å²) in [7, 11) is 1.79. The molecule has 0 radical (unpaired) electrons. The molecule has 5 heteroatoms. The van der Waals surface area contributed by atoms with Crippen molar-refractivity contribution in [2.45, 2.75) is 65.1 Å². The Bertz CT molecular complexity index is 483. The monoisotopic (exact) mass is 307 g/mol. The van der Waals surface area contributed by atoms with Crippen LogP contribution in [0.1, 0.15) is 51.3 Å². The van der Waals surface area contributed by atoms with Crippen LogP contribution in [0.25, 0.3) is 0 Å². The summed E-state index contributed by atoms with van der Waals surface area (Å²) in [4.78, 5) is 18.0. The highest BCUT2D eigenvalue weighted by molar-refractivity contribution is 5.74. The molecule has 0 saturated heterocycles. The van der Waals surface area contributed by atoms with Crippen LogP contribution in [0.2, 0.25) is 0 Å². The van der Waals surface area contributed by atoms with Crippen LogP contribution in [0.4, 0.5) is 4.79 Å². The van der Waals surface area contributed by atoms with Crippen LogP contribution >= 0.6 is 0 Å². The lowest BCUT2D eigenvalue weighted by Gasteiger charge is -2.23. The number of amides is 2. The molecule has 22 heavy (non-hydrogen) atoms.